The number of hydrogen-bond acceptors (Lipinski definition) is 3. The molecule has 0 aromatic heterocycles. The standard InChI is InChI=1S/C17H21Cl2FN2O3/c1-3-25-16(23)11-5-4-6-22(9-11)17(24)21-10(2)12-7-15(20)14(19)8-13(12)18/h7-8,10-11H,3-6,9H2,1-2H3,(H,21,24). The average molecular weight is 391 g/mol. The minimum absolute atomic E-state index is 0.0689. The number of carbonyl (C=O) groups excluding carboxylic acids is 2. The molecule has 2 unspecified atom stereocenters. The lowest BCUT2D eigenvalue weighted by Crippen LogP contribution is -2.47. The SMILES string of the molecule is CCOC(=O)C1CCCN(C(=O)NC(C)c2cc(F)c(Cl)cc2Cl)C1. The van der Waals surface area contributed by atoms with Gasteiger partial charge in [-0.25, -0.2) is 9.18 Å². The lowest BCUT2D eigenvalue weighted by Gasteiger charge is -2.32. The van der Waals surface area contributed by atoms with Gasteiger partial charge in [-0.15, -0.1) is 0 Å². The minimum atomic E-state index is -0.595. The second kappa shape index (κ2) is 8.72. The van der Waals surface area contributed by atoms with Crippen LogP contribution in [-0.2, 0) is 9.53 Å². The third-order valence-corrected chi connectivity index (χ3v) is 4.79. The van der Waals surface area contributed by atoms with E-state index in [1.807, 2.05) is 0 Å². The van der Waals surface area contributed by atoms with Gasteiger partial charge in [-0.1, -0.05) is 23.2 Å². The molecule has 5 nitrogen and oxygen atoms in total. The summed E-state index contributed by atoms with van der Waals surface area (Å²) in [6.07, 6.45) is 1.42. The van der Waals surface area contributed by atoms with Crippen molar-refractivity contribution < 1.29 is 18.7 Å². The molecule has 1 aliphatic heterocycles. The summed E-state index contributed by atoms with van der Waals surface area (Å²) < 4.78 is 18.7. The molecule has 1 heterocycles. The first kappa shape index (κ1) is 19.8. The topological polar surface area (TPSA) is 58.6 Å². The third kappa shape index (κ3) is 4.98. The molecule has 1 aromatic carbocycles. The highest BCUT2D eigenvalue weighted by Gasteiger charge is 2.30. The van der Waals surface area contributed by atoms with Gasteiger partial charge in [-0.05, 0) is 44.4 Å². The number of ether oxygens (including phenoxy) is 1. The smallest absolute Gasteiger partial charge is 0.317 e. The van der Waals surface area contributed by atoms with Gasteiger partial charge in [0.1, 0.15) is 5.82 Å². The summed E-state index contributed by atoms with van der Waals surface area (Å²) in [5, 5.41) is 3.00. The zero-order valence-electron chi connectivity index (χ0n) is 14.2. The van der Waals surface area contributed by atoms with E-state index in [1.54, 1.807) is 18.7 Å². The summed E-state index contributed by atoms with van der Waals surface area (Å²) >= 11 is 11.8. The van der Waals surface area contributed by atoms with Crippen LogP contribution in [0.5, 0.6) is 0 Å². The molecule has 1 fully saturated rings. The average Bonchev–Trinajstić information content (AvgIpc) is 2.58. The van der Waals surface area contributed by atoms with E-state index in [1.165, 1.54) is 12.1 Å². The van der Waals surface area contributed by atoms with Crippen molar-refractivity contribution in [2.75, 3.05) is 19.7 Å². The van der Waals surface area contributed by atoms with Crippen molar-refractivity contribution in [1.29, 1.82) is 0 Å². The quantitative estimate of drug-likeness (QED) is 0.619. The van der Waals surface area contributed by atoms with Gasteiger partial charge in [0.25, 0.3) is 0 Å². The summed E-state index contributed by atoms with van der Waals surface area (Å²) in [4.78, 5) is 25.9. The van der Waals surface area contributed by atoms with Gasteiger partial charge in [-0.3, -0.25) is 4.79 Å². The van der Waals surface area contributed by atoms with Crippen LogP contribution in [0.15, 0.2) is 12.1 Å². The third-order valence-electron chi connectivity index (χ3n) is 4.17. The maximum atomic E-state index is 13.7. The molecular weight excluding hydrogens is 370 g/mol. The molecule has 0 bridgehead atoms. The highest BCUT2D eigenvalue weighted by molar-refractivity contribution is 6.35. The molecule has 25 heavy (non-hydrogen) atoms. The Balaban J connectivity index is 2.01. The second-order valence-electron chi connectivity index (χ2n) is 6.00. The predicted octanol–water partition coefficient (Wildman–Crippen LogP) is 4.18. The molecule has 138 valence electrons. The van der Waals surface area contributed by atoms with E-state index in [2.05, 4.69) is 5.32 Å². The summed E-state index contributed by atoms with van der Waals surface area (Å²) in [7, 11) is 0. The van der Waals surface area contributed by atoms with Gasteiger partial charge in [-0.2, -0.15) is 0 Å². The van der Waals surface area contributed by atoms with Crippen LogP contribution in [-0.4, -0.2) is 36.6 Å². The molecule has 1 aliphatic rings. The number of benzene rings is 1. The summed E-state index contributed by atoms with van der Waals surface area (Å²) in [6.45, 7) is 4.64. The first-order valence-electron chi connectivity index (χ1n) is 8.20. The number of esters is 1. The fourth-order valence-electron chi connectivity index (χ4n) is 2.84. The number of carbonyl (C=O) groups is 2. The van der Waals surface area contributed by atoms with E-state index in [0.29, 0.717) is 31.7 Å². The van der Waals surface area contributed by atoms with Gasteiger partial charge >= 0.3 is 12.0 Å². The van der Waals surface area contributed by atoms with Crippen LogP contribution < -0.4 is 5.32 Å². The van der Waals surface area contributed by atoms with Crippen LogP contribution >= 0.6 is 23.2 Å². The molecule has 0 spiro atoms. The van der Waals surface area contributed by atoms with Crippen LogP contribution in [0.3, 0.4) is 0 Å². The van der Waals surface area contributed by atoms with E-state index in [-0.39, 0.29) is 28.0 Å². The van der Waals surface area contributed by atoms with E-state index < -0.39 is 11.9 Å². The van der Waals surface area contributed by atoms with Crippen molar-refractivity contribution in [3.05, 3.63) is 33.6 Å². The molecule has 2 amide bonds. The lowest BCUT2D eigenvalue weighted by atomic mass is 9.98. The number of nitrogens with zero attached hydrogens (tertiary/aromatic N) is 1. The normalized spacial score (nSPS) is 18.6. The number of halogens is 3. The Morgan fingerprint density at radius 2 is 2.12 bits per heavy atom. The van der Waals surface area contributed by atoms with Crippen molar-refractivity contribution in [3.63, 3.8) is 0 Å². The van der Waals surface area contributed by atoms with Crippen molar-refractivity contribution in [1.82, 2.24) is 10.2 Å². The van der Waals surface area contributed by atoms with E-state index in [0.717, 1.165) is 6.42 Å². The Morgan fingerprint density at radius 1 is 1.40 bits per heavy atom. The maximum Gasteiger partial charge on any atom is 0.317 e. The number of rotatable bonds is 4. The largest absolute Gasteiger partial charge is 0.466 e. The van der Waals surface area contributed by atoms with Gasteiger partial charge in [0.15, 0.2) is 0 Å². The van der Waals surface area contributed by atoms with Crippen LogP contribution in [0.2, 0.25) is 10.0 Å². The summed E-state index contributed by atoms with van der Waals surface area (Å²) in [5.74, 6) is -1.19. The summed E-state index contributed by atoms with van der Waals surface area (Å²) in [5.41, 5.74) is 0.441. The molecule has 0 radical (unpaired) electrons. The van der Waals surface area contributed by atoms with Gasteiger partial charge in [0.05, 0.1) is 23.6 Å². The van der Waals surface area contributed by atoms with Crippen molar-refractivity contribution in [2.24, 2.45) is 5.92 Å². The number of hydrogen-bond donors (Lipinski definition) is 1. The highest BCUT2D eigenvalue weighted by atomic mass is 35.5. The first-order chi connectivity index (χ1) is 11.8. The molecule has 8 heteroatoms. The van der Waals surface area contributed by atoms with Crippen molar-refractivity contribution >= 4 is 35.2 Å². The van der Waals surface area contributed by atoms with E-state index in [4.69, 9.17) is 27.9 Å². The Morgan fingerprint density at radius 3 is 2.80 bits per heavy atom. The molecular formula is C17H21Cl2FN2O3. The van der Waals surface area contributed by atoms with E-state index in [9.17, 15) is 14.0 Å². The van der Waals surface area contributed by atoms with Crippen LogP contribution in [0.4, 0.5) is 9.18 Å². The zero-order valence-corrected chi connectivity index (χ0v) is 15.7. The number of nitrogens with one attached hydrogen (secondary N) is 1. The number of urea groups is 1. The first-order valence-corrected chi connectivity index (χ1v) is 8.95. The molecule has 1 aromatic rings. The van der Waals surface area contributed by atoms with Crippen molar-refractivity contribution in [2.45, 2.75) is 32.7 Å². The van der Waals surface area contributed by atoms with Crippen molar-refractivity contribution in [3.8, 4) is 0 Å². The maximum absolute atomic E-state index is 13.7. The highest BCUT2D eigenvalue weighted by Crippen LogP contribution is 2.29. The summed E-state index contributed by atoms with van der Waals surface area (Å²) in [6, 6.07) is 1.70. The van der Waals surface area contributed by atoms with Crippen LogP contribution in [0.25, 0.3) is 0 Å². The lowest BCUT2D eigenvalue weighted by molar-refractivity contribution is -0.149. The monoisotopic (exact) mass is 390 g/mol. The molecule has 2 atom stereocenters. The Hall–Kier alpha value is -1.53. The molecule has 0 aliphatic carbocycles. The fourth-order valence-corrected chi connectivity index (χ4v) is 3.38. The Kier molecular flexibility index (Phi) is 6.90. The number of amides is 2. The Bertz CT molecular complexity index is 657. The molecule has 2 rings (SSSR count). The molecule has 0 saturated carbocycles. The minimum Gasteiger partial charge on any atom is -0.466 e. The van der Waals surface area contributed by atoms with Crippen LogP contribution in [0.1, 0.15) is 38.3 Å². The van der Waals surface area contributed by atoms with Crippen LogP contribution in [0, 0.1) is 11.7 Å². The molecule has 1 N–H and O–H groups in total. The van der Waals surface area contributed by atoms with Gasteiger partial charge in [0.2, 0.25) is 0 Å². The van der Waals surface area contributed by atoms with E-state index >= 15 is 0 Å². The number of likely N-dealkylation sites (tertiary alicyclic amines) is 1. The predicted molar refractivity (Wildman–Crippen MR) is 94.3 cm³/mol. The number of piperidine rings is 1. The fraction of sp³-hybridized carbons (Fsp3) is 0.529. The second-order valence-corrected chi connectivity index (χ2v) is 6.81. The Labute approximate surface area is 156 Å². The van der Waals surface area contributed by atoms with Gasteiger partial charge in [0, 0.05) is 18.1 Å². The molecule has 1 saturated heterocycles. The van der Waals surface area contributed by atoms with Gasteiger partial charge < -0.3 is 15.0 Å². The zero-order chi connectivity index (χ0) is 18.6.